The van der Waals surface area contributed by atoms with Crippen molar-refractivity contribution in [3.05, 3.63) is 62.7 Å². The van der Waals surface area contributed by atoms with E-state index in [0.29, 0.717) is 23.6 Å². The zero-order valence-electron chi connectivity index (χ0n) is 12.3. The maximum absolute atomic E-state index is 10.9. The van der Waals surface area contributed by atoms with E-state index in [9.17, 15) is 10.1 Å². The van der Waals surface area contributed by atoms with Gasteiger partial charge in [0, 0.05) is 18.2 Å². The predicted octanol–water partition coefficient (Wildman–Crippen LogP) is 3.77. The summed E-state index contributed by atoms with van der Waals surface area (Å²) < 4.78 is 5.84. The molecule has 0 saturated heterocycles. The molecule has 0 spiro atoms. The van der Waals surface area contributed by atoms with Gasteiger partial charge in [0.25, 0.3) is 5.69 Å². The molecule has 0 aliphatic carbocycles. The maximum Gasteiger partial charge on any atom is 0.272 e. The van der Waals surface area contributed by atoms with E-state index in [1.54, 1.807) is 19.9 Å². The lowest BCUT2D eigenvalue weighted by Gasteiger charge is -2.12. The molecule has 5 nitrogen and oxygen atoms in total. The van der Waals surface area contributed by atoms with Crippen LogP contribution in [0.15, 0.2) is 30.3 Å². The lowest BCUT2D eigenvalue weighted by atomic mass is 10.1. The number of rotatable bonds is 4. The Kier molecular flexibility index (Phi) is 4.23. The number of nitrogens with two attached hydrogens (primary N) is 1. The van der Waals surface area contributed by atoms with Gasteiger partial charge in [0.15, 0.2) is 0 Å². The van der Waals surface area contributed by atoms with Crippen molar-refractivity contribution in [2.75, 3.05) is 0 Å². The molecule has 2 aromatic carbocycles. The fourth-order valence-corrected chi connectivity index (χ4v) is 2.17. The first-order chi connectivity index (χ1) is 9.92. The molecule has 2 aromatic rings. The van der Waals surface area contributed by atoms with Crippen LogP contribution in [0.2, 0.25) is 0 Å². The zero-order chi connectivity index (χ0) is 15.6. The van der Waals surface area contributed by atoms with Crippen LogP contribution in [0.3, 0.4) is 0 Å². The molecule has 0 bridgehead atoms. The van der Waals surface area contributed by atoms with Gasteiger partial charge in [0.1, 0.15) is 11.5 Å². The first-order valence-corrected chi connectivity index (χ1v) is 6.65. The molecule has 0 amide bonds. The van der Waals surface area contributed by atoms with E-state index in [-0.39, 0.29) is 10.6 Å². The van der Waals surface area contributed by atoms with Crippen molar-refractivity contribution in [2.45, 2.75) is 27.3 Å². The van der Waals surface area contributed by atoms with E-state index in [1.807, 2.05) is 25.1 Å². The van der Waals surface area contributed by atoms with Crippen LogP contribution in [0.4, 0.5) is 5.69 Å². The highest BCUT2D eigenvalue weighted by Gasteiger charge is 2.14. The summed E-state index contributed by atoms with van der Waals surface area (Å²) in [6.45, 7) is 5.96. The summed E-state index contributed by atoms with van der Waals surface area (Å²) in [6.07, 6.45) is 0. The number of nitro benzene ring substituents is 1. The van der Waals surface area contributed by atoms with Gasteiger partial charge in [0.05, 0.1) is 4.92 Å². The lowest BCUT2D eigenvalue weighted by Crippen LogP contribution is -1.99. The first kappa shape index (κ1) is 15.0. The smallest absolute Gasteiger partial charge is 0.272 e. The summed E-state index contributed by atoms with van der Waals surface area (Å²) in [4.78, 5) is 10.5. The van der Waals surface area contributed by atoms with Crippen molar-refractivity contribution >= 4 is 5.69 Å². The number of nitrogens with zero attached hydrogens (tertiary/aromatic N) is 1. The van der Waals surface area contributed by atoms with Crippen molar-refractivity contribution in [3.8, 4) is 11.5 Å². The molecule has 0 saturated carbocycles. The fraction of sp³-hybridized carbons (Fsp3) is 0.250. The van der Waals surface area contributed by atoms with Crippen molar-refractivity contribution in [2.24, 2.45) is 5.73 Å². The van der Waals surface area contributed by atoms with Crippen LogP contribution in [-0.4, -0.2) is 4.92 Å². The van der Waals surface area contributed by atoms with E-state index in [1.165, 1.54) is 6.07 Å². The Morgan fingerprint density at radius 3 is 2.38 bits per heavy atom. The van der Waals surface area contributed by atoms with Gasteiger partial charge in [0.2, 0.25) is 0 Å². The molecule has 5 heteroatoms. The Labute approximate surface area is 123 Å². The van der Waals surface area contributed by atoms with E-state index < -0.39 is 0 Å². The number of benzene rings is 2. The zero-order valence-corrected chi connectivity index (χ0v) is 12.3. The van der Waals surface area contributed by atoms with Gasteiger partial charge in [-0.1, -0.05) is 6.07 Å². The monoisotopic (exact) mass is 286 g/mol. The molecule has 0 aromatic heterocycles. The summed E-state index contributed by atoms with van der Waals surface area (Å²) in [5.74, 6) is 1.32. The highest BCUT2D eigenvalue weighted by molar-refractivity contribution is 5.50. The molecular weight excluding hydrogens is 268 g/mol. The van der Waals surface area contributed by atoms with Crippen LogP contribution in [-0.2, 0) is 6.54 Å². The molecule has 110 valence electrons. The fourth-order valence-electron chi connectivity index (χ4n) is 2.17. The van der Waals surface area contributed by atoms with E-state index >= 15 is 0 Å². The van der Waals surface area contributed by atoms with Gasteiger partial charge < -0.3 is 10.5 Å². The highest BCUT2D eigenvalue weighted by atomic mass is 16.6. The Morgan fingerprint density at radius 1 is 1.10 bits per heavy atom. The summed E-state index contributed by atoms with van der Waals surface area (Å²) in [7, 11) is 0. The Morgan fingerprint density at radius 2 is 1.81 bits per heavy atom. The molecule has 0 atom stereocenters. The number of aryl methyl sites for hydroxylation is 3. The normalized spacial score (nSPS) is 10.5. The Balaban J connectivity index is 2.34. The van der Waals surface area contributed by atoms with E-state index in [4.69, 9.17) is 10.5 Å². The van der Waals surface area contributed by atoms with Crippen LogP contribution >= 0.6 is 0 Å². The SMILES string of the molecule is Cc1cc(Oc2cc(C)c([N+](=O)[O-])cc2C)ccc1CN. The number of hydrogen-bond donors (Lipinski definition) is 1. The second-order valence-electron chi connectivity index (χ2n) is 5.06. The second kappa shape index (κ2) is 5.93. The van der Waals surface area contributed by atoms with Gasteiger partial charge in [-0.05, 0) is 55.7 Å². The van der Waals surface area contributed by atoms with Crippen LogP contribution < -0.4 is 10.5 Å². The van der Waals surface area contributed by atoms with Gasteiger partial charge in [-0.3, -0.25) is 10.1 Å². The molecule has 2 N–H and O–H groups in total. The van der Waals surface area contributed by atoms with Gasteiger partial charge in [-0.25, -0.2) is 0 Å². The van der Waals surface area contributed by atoms with Crippen molar-refractivity contribution < 1.29 is 9.66 Å². The molecule has 21 heavy (non-hydrogen) atoms. The van der Waals surface area contributed by atoms with Crippen LogP contribution in [0.5, 0.6) is 11.5 Å². The maximum atomic E-state index is 10.9. The Hall–Kier alpha value is -2.40. The summed E-state index contributed by atoms with van der Waals surface area (Å²) in [5, 5.41) is 10.9. The largest absolute Gasteiger partial charge is 0.457 e. The minimum absolute atomic E-state index is 0.106. The van der Waals surface area contributed by atoms with Crippen molar-refractivity contribution in [3.63, 3.8) is 0 Å². The third kappa shape index (κ3) is 3.20. The Bertz CT molecular complexity index is 696. The third-order valence-electron chi connectivity index (χ3n) is 3.45. The number of nitro groups is 1. The summed E-state index contributed by atoms with van der Waals surface area (Å²) in [6, 6.07) is 8.92. The van der Waals surface area contributed by atoms with Crippen molar-refractivity contribution in [1.82, 2.24) is 0 Å². The van der Waals surface area contributed by atoms with Gasteiger partial charge in [-0.2, -0.15) is 0 Å². The molecule has 0 aliphatic rings. The first-order valence-electron chi connectivity index (χ1n) is 6.65. The molecule has 0 heterocycles. The third-order valence-corrected chi connectivity index (χ3v) is 3.45. The standard InChI is InChI=1S/C16H18N2O3/c1-10-6-14(5-4-13(10)9-17)21-16-8-11(2)15(18(19)20)7-12(16)3/h4-8H,9,17H2,1-3H3. The topological polar surface area (TPSA) is 78.4 Å². The molecule has 0 radical (unpaired) electrons. The van der Waals surface area contributed by atoms with Gasteiger partial charge in [-0.15, -0.1) is 0 Å². The van der Waals surface area contributed by atoms with Crippen LogP contribution in [0.25, 0.3) is 0 Å². The van der Waals surface area contributed by atoms with Crippen LogP contribution in [0.1, 0.15) is 22.3 Å². The average molecular weight is 286 g/mol. The van der Waals surface area contributed by atoms with Crippen LogP contribution in [0, 0.1) is 30.9 Å². The quantitative estimate of drug-likeness (QED) is 0.685. The van der Waals surface area contributed by atoms with E-state index in [0.717, 1.165) is 16.7 Å². The molecule has 0 aliphatic heterocycles. The summed E-state index contributed by atoms with van der Waals surface area (Å²) >= 11 is 0. The minimum atomic E-state index is -0.383. The molecular formula is C16H18N2O3. The highest BCUT2D eigenvalue weighted by Crippen LogP contribution is 2.31. The van der Waals surface area contributed by atoms with Gasteiger partial charge >= 0.3 is 0 Å². The molecule has 0 fully saturated rings. The molecule has 2 rings (SSSR count). The number of ether oxygens (including phenoxy) is 1. The van der Waals surface area contributed by atoms with Crippen molar-refractivity contribution in [1.29, 1.82) is 0 Å². The number of hydrogen-bond acceptors (Lipinski definition) is 4. The lowest BCUT2D eigenvalue weighted by molar-refractivity contribution is -0.385. The summed E-state index contributed by atoms with van der Waals surface area (Å²) in [5.41, 5.74) is 9.18. The molecule has 0 unspecified atom stereocenters. The predicted molar refractivity (Wildman–Crippen MR) is 81.7 cm³/mol. The average Bonchev–Trinajstić information content (AvgIpc) is 2.42. The minimum Gasteiger partial charge on any atom is -0.457 e. The van der Waals surface area contributed by atoms with E-state index in [2.05, 4.69) is 0 Å². The second-order valence-corrected chi connectivity index (χ2v) is 5.06.